The van der Waals surface area contributed by atoms with Crippen molar-refractivity contribution in [3.05, 3.63) is 56.1 Å². The minimum atomic E-state index is -0.733. The Hall–Kier alpha value is -1.82. The van der Waals surface area contributed by atoms with Gasteiger partial charge in [0.25, 0.3) is 0 Å². The first-order valence-corrected chi connectivity index (χ1v) is 7.26. The predicted molar refractivity (Wildman–Crippen MR) is 80.2 cm³/mol. The quantitative estimate of drug-likeness (QED) is 0.670. The third kappa shape index (κ3) is 3.60. The highest BCUT2D eigenvalue weighted by molar-refractivity contribution is 7.98. The van der Waals surface area contributed by atoms with Crippen LogP contribution < -0.4 is 11.1 Å². The van der Waals surface area contributed by atoms with Crippen molar-refractivity contribution in [3.8, 4) is 0 Å². The molecule has 2 N–H and O–H groups in total. The molecule has 0 atom stereocenters. The van der Waals surface area contributed by atoms with Crippen molar-refractivity contribution in [1.82, 2.24) is 15.2 Å². The number of hydrogen-bond donors (Lipinski definition) is 2. The fourth-order valence-corrected chi connectivity index (χ4v) is 2.43. The minimum Gasteiger partial charge on any atom is -0.295 e. The third-order valence-electron chi connectivity index (χ3n) is 2.88. The van der Waals surface area contributed by atoms with Gasteiger partial charge in [0.05, 0.1) is 0 Å². The van der Waals surface area contributed by atoms with Crippen molar-refractivity contribution in [3.63, 3.8) is 0 Å². The van der Waals surface area contributed by atoms with Gasteiger partial charge >= 0.3 is 11.1 Å². The summed E-state index contributed by atoms with van der Waals surface area (Å²) in [4.78, 5) is 24.5. The lowest BCUT2D eigenvalue weighted by Crippen LogP contribution is -2.30. The second-order valence-corrected chi connectivity index (χ2v) is 6.51. The van der Waals surface area contributed by atoms with E-state index in [1.54, 1.807) is 0 Å². The molecule has 0 aliphatic heterocycles. The SMILES string of the molecule is CC(C)(C)c1ccc(CSc2n[nH]c(=O)c(=O)[nH]2)cc1. The van der Waals surface area contributed by atoms with E-state index in [9.17, 15) is 9.59 Å². The van der Waals surface area contributed by atoms with Gasteiger partial charge in [0.15, 0.2) is 5.16 Å². The number of aromatic nitrogens is 3. The minimum absolute atomic E-state index is 0.136. The highest BCUT2D eigenvalue weighted by atomic mass is 32.2. The van der Waals surface area contributed by atoms with Crippen molar-refractivity contribution in [2.45, 2.75) is 37.1 Å². The molecule has 1 aromatic carbocycles. The number of nitrogens with zero attached hydrogens (tertiary/aromatic N) is 1. The maximum atomic E-state index is 11.2. The van der Waals surface area contributed by atoms with Crippen LogP contribution in [0.1, 0.15) is 31.9 Å². The fourth-order valence-electron chi connectivity index (χ4n) is 1.66. The Kier molecular flexibility index (Phi) is 4.13. The van der Waals surface area contributed by atoms with Gasteiger partial charge in [-0.2, -0.15) is 0 Å². The lowest BCUT2D eigenvalue weighted by atomic mass is 9.87. The summed E-state index contributed by atoms with van der Waals surface area (Å²) in [6, 6.07) is 8.35. The summed E-state index contributed by atoms with van der Waals surface area (Å²) in [5, 5.41) is 6.36. The first kappa shape index (κ1) is 14.6. The second-order valence-electron chi connectivity index (χ2n) is 5.55. The Morgan fingerprint density at radius 1 is 1.10 bits per heavy atom. The Morgan fingerprint density at radius 3 is 2.30 bits per heavy atom. The van der Waals surface area contributed by atoms with E-state index >= 15 is 0 Å². The van der Waals surface area contributed by atoms with Gasteiger partial charge in [0.1, 0.15) is 0 Å². The first-order chi connectivity index (χ1) is 9.36. The molecule has 2 rings (SSSR count). The third-order valence-corrected chi connectivity index (χ3v) is 3.83. The molecule has 0 saturated heterocycles. The van der Waals surface area contributed by atoms with Crippen LogP contribution in [0, 0.1) is 0 Å². The van der Waals surface area contributed by atoms with E-state index in [1.165, 1.54) is 17.3 Å². The number of thioether (sulfide) groups is 1. The number of aromatic amines is 2. The Bertz CT molecular complexity index is 696. The molecule has 6 heteroatoms. The molecule has 1 heterocycles. The van der Waals surface area contributed by atoms with Crippen LogP contribution >= 0.6 is 11.8 Å². The summed E-state index contributed by atoms with van der Waals surface area (Å²) in [5.74, 6) is 0.680. The molecule has 1 aromatic heterocycles. The monoisotopic (exact) mass is 291 g/mol. The number of H-pyrrole nitrogens is 2. The molecular formula is C14H17N3O2S. The van der Waals surface area contributed by atoms with Crippen LogP contribution in [-0.4, -0.2) is 15.2 Å². The van der Waals surface area contributed by atoms with Crippen LogP contribution in [0.25, 0.3) is 0 Å². The Balaban J connectivity index is 2.06. The van der Waals surface area contributed by atoms with Gasteiger partial charge in [-0.1, -0.05) is 56.8 Å². The van der Waals surface area contributed by atoms with Crippen LogP contribution in [0.3, 0.4) is 0 Å². The molecule has 0 radical (unpaired) electrons. The first-order valence-electron chi connectivity index (χ1n) is 6.27. The summed E-state index contributed by atoms with van der Waals surface area (Å²) in [5.41, 5.74) is 1.14. The highest BCUT2D eigenvalue weighted by Gasteiger charge is 2.12. The maximum absolute atomic E-state index is 11.2. The van der Waals surface area contributed by atoms with Crippen molar-refractivity contribution >= 4 is 11.8 Å². The molecule has 0 aliphatic carbocycles. The molecule has 0 spiro atoms. The van der Waals surface area contributed by atoms with Crippen molar-refractivity contribution in [2.75, 3.05) is 0 Å². The van der Waals surface area contributed by atoms with Gasteiger partial charge in [-0.25, -0.2) is 5.10 Å². The zero-order chi connectivity index (χ0) is 14.8. The molecule has 106 valence electrons. The van der Waals surface area contributed by atoms with E-state index < -0.39 is 11.1 Å². The molecule has 0 amide bonds. The fraction of sp³-hybridized carbons (Fsp3) is 0.357. The Labute approximate surface area is 120 Å². The van der Waals surface area contributed by atoms with Crippen LogP contribution in [0.2, 0.25) is 0 Å². The predicted octanol–water partition coefficient (Wildman–Crippen LogP) is 2.05. The molecule has 0 fully saturated rings. The van der Waals surface area contributed by atoms with E-state index in [-0.39, 0.29) is 5.41 Å². The summed E-state index contributed by atoms with van der Waals surface area (Å²) in [6.07, 6.45) is 0. The van der Waals surface area contributed by atoms with Crippen LogP contribution in [0.5, 0.6) is 0 Å². The summed E-state index contributed by atoms with van der Waals surface area (Å²) in [6.45, 7) is 6.52. The van der Waals surface area contributed by atoms with Gasteiger partial charge < -0.3 is 0 Å². The average molecular weight is 291 g/mol. The van der Waals surface area contributed by atoms with Gasteiger partial charge in [0, 0.05) is 5.75 Å². The van der Waals surface area contributed by atoms with Gasteiger partial charge in [0.2, 0.25) is 0 Å². The van der Waals surface area contributed by atoms with Crippen molar-refractivity contribution in [2.24, 2.45) is 0 Å². The van der Waals surface area contributed by atoms with E-state index in [0.717, 1.165) is 5.56 Å². The van der Waals surface area contributed by atoms with E-state index in [1.807, 2.05) is 0 Å². The highest BCUT2D eigenvalue weighted by Crippen LogP contribution is 2.24. The smallest absolute Gasteiger partial charge is 0.295 e. The molecule has 0 aliphatic rings. The summed E-state index contributed by atoms with van der Waals surface area (Å²) < 4.78 is 0. The molecule has 2 aromatic rings. The zero-order valence-electron chi connectivity index (χ0n) is 11.7. The number of nitrogens with one attached hydrogen (secondary N) is 2. The van der Waals surface area contributed by atoms with Gasteiger partial charge in [-0.05, 0) is 16.5 Å². The molecule has 0 saturated carbocycles. The van der Waals surface area contributed by atoms with Gasteiger partial charge in [-0.15, -0.1) is 5.10 Å². The van der Waals surface area contributed by atoms with Crippen LogP contribution in [0.15, 0.2) is 39.0 Å². The number of benzene rings is 1. The van der Waals surface area contributed by atoms with Crippen LogP contribution in [-0.2, 0) is 11.2 Å². The second kappa shape index (κ2) is 5.66. The number of hydrogen-bond acceptors (Lipinski definition) is 4. The van der Waals surface area contributed by atoms with Crippen molar-refractivity contribution < 1.29 is 0 Å². The standard InChI is InChI=1S/C14H17N3O2S/c1-14(2,3)10-6-4-9(5-7-10)8-20-13-15-11(18)12(19)16-17-13/h4-7H,8H2,1-3H3,(H,16,19)(H,15,17,18). The lowest BCUT2D eigenvalue weighted by molar-refractivity contribution is 0.590. The largest absolute Gasteiger partial charge is 0.329 e. The summed E-state index contributed by atoms with van der Waals surface area (Å²) >= 11 is 1.37. The number of rotatable bonds is 3. The van der Waals surface area contributed by atoms with Crippen LogP contribution in [0.4, 0.5) is 0 Å². The molecule has 5 nitrogen and oxygen atoms in total. The van der Waals surface area contributed by atoms with E-state index in [2.05, 4.69) is 60.2 Å². The summed E-state index contributed by atoms with van der Waals surface area (Å²) in [7, 11) is 0. The molecule has 0 bridgehead atoms. The van der Waals surface area contributed by atoms with Gasteiger partial charge in [-0.3, -0.25) is 14.6 Å². The topological polar surface area (TPSA) is 78.6 Å². The molecule has 20 heavy (non-hydrogen) atoms. The Morgan fingerprint density at radius 2 is 1.75 bits per heavy atom. The molecule has 0 unspecified atom stereocenters. The van der Waals surface area contributed by atoms with E-state index in [4.69, 9.17) is 0 Å². The van der Waals surface area contributed by atoms with Crippen molar-refractivity contribution in [1.29, 1.82) is 0 Å². The lowest BCUT2D eigenvalue weighted by Gasteiger charge is -2.19. The zero-order valence-corrected chi connectivity index (χ0v) is 12.5. The molecular weight excluding hydrogens is 274 g/mol. The average Bonchev–Trinajstić information content (AvgIpc) is 2.40. The van der Waals surface area contributed by atoms with E-state index in [0.29, 0.717) is 10.9 Å². The normalized spacial score (nSPS) is 11.6. The maximum Gasteiger partial charge on any atom is 0.329 e.